The Kier molecular flexibility index (Phi) is 5.41. The third kappa shape index (κ3) is 3.51. The molecule has 8 rings (SSSR count). The van der Waals surface area contributed by atoms with E-state index in [1.165, 1.54) is 22.3 Å². The molecular formula is C38H30BNO3. The van der Waals surface area contributed by atoms with E-state index < -0.39 is 23.7 Å². The molecule has 2 heterocycles. The van der Waals surface area contributed by atoms with Gasteiger partial charge in [-0.15, -0.1) is 0 Å². The minimum atomic E-state index is -0.584. The fourth-order valence-electron chi connectivity index (χ4n) is 7.05. The minimum Gasteiger partial charge on any atom is -0.457 e. The van der Waals surface area contributed by atoms with Crippen LogP contribution in [0.15, 0.2) is 109 Å². The summed E-state index contributed by atoms with van der Waals surface area (Å²) in [5.74, 6) is 1.72. The fraction of sp³-hybridized carbons (Fsp3) is 0.184. The molecule has 1 spiro atoms. The minimum absolute atomic E-state index is 0.503. The van der Waals surface area contributed by atoms with Crippen LogP contribution in [0.5, 0.6) is 11.5 Å². The molecule has 0 aromatic heterocycles. The van der Waals surface area contributed by atoms with Gasteiger partial charge in [0.05, 0.1) is 28.2 Å². The van der Waals surface area contributed by atoms with Crippen LogP contribution in [0.2, 0.25) is 0 Å². The summed E-state index contributed by atoms with van der Waals surface area (Å²) in [4.78, 5) is 0. The highest BCUT2D eigenvalue weighted by Crippen LogP contribution is 2.62. The van der Waals surface area contributed by atoms with Gasteiger partial charge in [-0.2, -0.15) is 5.26 Å². The van der Waals surface area contributed by atoms with Crippen LogP contribution in [-0.4, -0.2) is 18.3 Å². The van der Waals surface area contributed by atoms with Gasteiger partial charge in [0, 0.05) is 11.1 Å². The Labute approximate surface area is 252 Å². The summed E-state index contributed by atoms with van der Waals surface area (Å²) in [6.07, 6.45) is 0. The summed E-state index contributed by atoms with van der Waals surface area (Å²) in [6.45, 7) is 8.35. The second-order valence-corrected chi connectivity index (χ2v) is 12.7. The highest BCUT2D eigenvalue weighted by molar-refractivity contribution is 6.64. The maximum atomic E-state index is 9.48. The van der Waals surface area contributed by atoms with Crippen molar-refractivity contribution in [2.45, 2.75) is 44.3 Å². The number of hydrogen-bond donors (Lipinski definition) is 0. The summed E-state index contributed by atoms with van der Waals surface area (Å²) in [5.41, 5.74) is 9.05. The molecule has 1 fully saturated rings. The molecule has 2 aliphatic heterocycles. The predicted octanol–water partition coefficient (Wildman–Crippen LogP) is 7.99. The Morgan fingerprint density at radius 3 is 1.74 bits per heavy atom. The summed E-state index contributed by atoms with van der Waals surface area (Å²) in [5, 5.41) is 9.48. The molecule has 0 N–H and O–H groups in total. The van der Waals surface area contributed by atoms with Crippen molar-refractivity contribution in [1.82, 2.24) is 0 Å². The van der Waals surface area contributed by atoms with Gasteiger partial charge in [0.2, 0.25) is 0 Å². The third-order valence-electron chi connectivity index (χ3n) is 9.85. The maximum absolute atomic E-state index is 9.48. The molecule has 3 aliphatic rings. The second-order valence-electron chi connectivity index (χ2n) is 12.7. The molecule has 1 aliphatic carbocycles. The van der Waals surface area contributed by atoms with Crippen LogP contribution < -0.4 is 10.2 Å². The smallest absolute Gasteiger partial charge is 0.457 e. The predicted molar refractivity (Wildman–Crippen MR) is 170 cm³/mol. The highest BCUT2D eigenvalue weighted by atomic mass is 16.7. The molecule has 0 unspecified atom stereocenters. The number of fused-ring (bicyclic) bond motifs is 9. The summed E-state index contributed by atoms with van der Waals surface area (Å²) < 4.78 is 19.9. The molecule has 0 bridgehead atoms. The first-order chi connectivity index (χ1) is 20.7. The van der Waals surface area contributed by atoms with Crippen molar-refractivity contribution in [3.8, 4) is 39.8 Å². The molecular weight excluding hydrogens is 529 g/mol. The van der Waals surface area contributed by atoms with E-state index in [1.807, 2.05) is 36.4 Å². The molecule has 0 atom stereocenters. The number of nitriles is 1. The molecule has 5 aromatic carbocycles. The number of ether oxygens (including phenoxy) is 1. The zero-order valence-electron chi connectivity index (χ0n) is 24.6. The van der Waals surface area contributed by atoms with Crippen molar-refractivity contribution in [2.24, 2.45) is 0 Å². The lowest BCUT2D eigenvalue weighted by Gasteiger charge is -2.39. The van der Waals surface area contributed by atoms with Crippen molar-refractivity contribution in [1.29, 1.82) is 5.26 Å². The van der Waals surface area contributed by atoms with E-state index in [0.717, 1.165) is 39.2 Å². The van der Waals surface area contributed by atoms with Crippen LogP contribution in [0.1, 0.15) is 55.5 Å². The van der Waals surface area contributed by atoms with Gasteiger partial charge in [-0.1, -0.05) is 78.9 Å². The maximum Gasteiger partial charge on any atom is 0.495 e. The van der Waals surface area contributed by atoms with Gasteiger partial charge in [-0.3, -0.25) is 0 Å². The lowest BCUT2D eigenvalue weighted by atomic mass is 9.64. The average molecular weight is 559 g/mol. The second kappa shape index (κ2) is 8.94. The van der Waals surface area contributed by atoms with E-state index in [2.05, 4.69) is 107 Å². The molecule has 4 nitrogen and oxygen atoms in total. The van der Waals surface area contributed by atoms with E-state index in [1.54, 1.807) is 0 Å². The van der Waals surface area contributed by atoms with Crippen molar-refractivity contribution >= 4 is 12.6 Å². The number of nitrogens with zero attached hydrogens (tertiary/aromatic N) is 1. The fourth-order valence-corrected chi connectivity index (χ4v) is 7.05. The van der Waals surface area contributed by atoms with E-state index in [0.29, 0.717) is 5.56 Å². The third-order valence-corrected chi connectivity index (χ3v) is 9.85. The quantitative estimate of drug-likeness (QED) is 0.202. The molecule has 5 aromatic rings. The van der Waals surface area contributed by atoms with E-state index in [-0.39, 0.29) is 0 Å². The number of benzene rings is 5. The number of hydrogen-bond acceptors (Lipinski definition) is 4. The molecule has 5 heteroatoms. The van der Waals surface area contributed by atoms with E-state index in [9.17, 15) is 5.26 Å². The van der Waals surface area contributed by atoms with Gasteiger partial charge >= 0.3 is 7.12 Å². The van der Waals surface area contributed by atoms with Crippen LogP contribution in [-0.2, 0) is 14.7 Å². The van der Waals surface area contributed by atoms with Gasteiger partial charge in [-0.25, -0.2) is 0 Å². The normalized spacial score (nSPS) is 17.8. The Hall–Kier alpha value is -4.63. The van der Waals surface area contributed by atoms with Crippen molar-refractivity contribution in [3.63, 3.8) is 0 Å². The lowest BCUT2D eigenvalue weighted by molar-refractivity contribution is 0.00578. The van der Waals surface area contributed by atoms with E-state index >= 15 is 0 Å². The number of rotatable bonds is 2. The van der Waals surface area contributed by atoms with Crippen LogP contribution in [0.3, 0.4) is 0 Å². The molecule has 0 amide bonds. The Balaban J connectivity index is 1.48. The van der Waals surface area contributed by atoms with Crippen LogP contribution in [0.25, 0.3) is 22.3 Å². The molecule has 43 heavy (non-hydrogen) atoms. The summed E-state index contributed by atoms with van der Waals surface area (Å²) in [7, 11) is -0.577. The lowest BCUT2D eigenvalue weighted by Crippen LogP contribution is -2.41. The molecule has 1 saturated heterocycles. The van der Waals surface area contributed by atoms with Gasteiger partial charge in [0.15, 0.2) is 0 Å². The van der Waals surface area contributed by atoms with Gasteiger partial charge < -0.3 is 14.0 Å². The van der Waals surface area contributed by atoms with Gasteiger partial charge in [-0.05, 0) is 96.9 Å². The van der Waals surface area contributed by atoms with Gasteiger partial charge in [0.25, 0.3) is 0 Å². The Morgan fingerprint density at radius 1 is 0.581 bits per heavy atom. The van der Waals surface area contributed by atoms with Crippen molar-refractivity contribution < 1.29 is 14.0 Å². The molecule has 0 radical (unpaired) electrons. The first-order valence-electron chi connectivity index (χ1n) is 14.8. The zero-order chi connectivity index (χ0) is 29.6. The largest absolute Gasteiger partial charge is 0.495 e. The first-order valence-corrected chi connectivity index (χ1v) is 14.8. The summed E-state index contributed by atoms with van der Waals surface area (Å²) >= 11 is 0. The van der Waals surface area contributed by atoms with E-state index in [4.69, 9.17) is 14.0 Å². The van der Waals surface area contributed by atoms with Crippen molar-refractivity contribution in [2.75, 3.05) is 0 Å². The first kappa shape index (κ1) is 26.0. The average Bonchev–Trinajstić information content (AvgIpc) is 3.42. The standard InChI is InChI=1S/C38H30BNO3/c1-36(2)37(3,4)43-39(42-36)33-22-32-28(21-27(33)25-19-17-24(23-40)18-20-25)26-11-5-6-12-29(26)38(32)30-13-7-9-15-34(30)41-35-16-10-8-14-31(35)38/h5-22H,1-4H3. The highest BCUT2D eigenvalue weighted by Gasteiger charge is 2.55. The molecule has 0 saturated carbocycles. The zero-order valence-corrected chi connectivity index (χ0v) is 24.6. The van der Waals surface area contributed by atoms with Crippen molar-refractivity contribution in [3.05, 3.63) is 137 Å². The Morgan fingerprint density at radius 2 is 1.14 bits per heavy atom. The SMILES string of the molecule is CC1(C)OB(c2cc3c(cc2-c2ccc(C#N)cc2)-c2ccccc2C32c3ccccc3Oc3ccccc32)OC1(C)C. The Bertz CT molecular complexity index is 1920. The number of para-hydroxylation sites is 2. The van der Waals surface area contributed by atoms with Crippen LogP contribution in [0.4, 0.5) is 0 Å². The van der Waals surface area contributed by atoms with Crippen LogP contribution >= 0.6 is 0 Å². The summed E-state index contributed by atoms with van der Waals surface area (Å²) in [6, 6.07) is 40.1. The topological polar surface area (TPSA) is 51.5 Å². The monoisotopic (exact) mass is 559 g/mol. The van der Waals surface area contributed by atoms with Gasteiger partial charge in [0.1, 0.15) is 11.5 Å². The van der Waals surface area contributed by atoms with Crippen LogP contribution in [0, 0.1) is 11.3 Å². The molecule has 208 valence electrons.